The lowest BCUT2D eigenvalue weighted by molar-refractivity contribution is -0.297. The summed E-state index contributed by atoms with van der Waals surface area (Å²) in [7, 11) is 0. The van der Waals surface area contributed by atoms with Gasteiger partial charge < -0.3 is 10.2 Å². The summed E-state index contributed by atoms with van der Waals surface area (Å²) in [6, 6.07) is 0. The van der Waals surface area contributed by atoms with Crippen LogP contribution in [0.15, 0.2) is 0 Å². The van der Waals surface area contributed by atoms with Crippen LogP contribution in [0.25, 0.3) is 0 Å². The van der Waals surface area contributed by atoms with Crippen LogP contribution in [0.3, 0.4) is 0 Å². The van der Waals surface area contributed by atoms with E-state index in [4.69, 9.17) is 0 Å². The summed E-state index contributed by atoms with van der Waals surface area (Å²) in [6.45, 7) is 2.68. The minimum absolute atomic E-state index is 0.0308. The highest BCUT2D eigenvalue weighted by molar-refractivity contribution is 4.99. The molecule has 2 N–H and O–H groups in total. The molecule has 1 aliphatic rings. The maximum atomic E-state index is 12.9. The zero-order valence-corrected chi connectivity index (χ0v) is 12.0. The van der Waals surface area contributed by atoms with Crippen LogP contribution >= 0.6 is 0 Å². The van der Waals surface area contributed by atoms with Gasteiger partial charge in [0.1, 0.15) is 0 Å². The third-order valence-corrected chi connectivity index (χ3v) is 4.68. The number of halogens is 6. The Kier molecular flexibility index (Phi) is 4.68. The number of hydrogen-bond donors (Lipinski definition) is 2. The zero-order valence-electron chi connectivity index (χ0n) is 12.0. The number of aliphatic hydroxyl groups is 2. The van der Waals surface area contributed by atoms with E-state index in [-0.39, 0.29) is 12.8 Å². The van der Waals surface area contributed by atoms with Gasteiger partial charge in [-0.05, 0) is 50.9 Å². The molecule has 1 fully saturated rings. The summed E-state index contributed by atoms with van der Waals surface area (Å²) < 4.78 is 77.2. The standard InChI is InChI=1S/C13H20F6O2/c1-7-4-8(10(2,20)12(14,15)16)6-9(5-7)11(3,21)13(17,18)19/h7-9,20-21H,4-6H2,1-3H3. The molecule has 8 heteroatoms. The molecule has 0 aliphatic heterocycles. The van der Waals surface area contributed by atoms with Crippen LogP contribution in [0, 0.1) is 17.8 Å². The molecule has 0 aromatic heterocycles. The molecule has 21 heavy (non-hydrogen) atoms. The molecule has 126 valence electrons. The van der Waals surface area contributed by atoms with Crippen LogP contribution in [0.5, 0.6) is 0 Å². The van der Waals surface area contributed by atoms with Gasteiger partial charge in [-0.3, -0.25) is 0 Å². The SMILES string of the molecule is CC1CC(C(C)(O)C(F)(F)F)CC(C(C)(O)C(F)(F)F)C1. The van der Waals surface area contributed by atoms with E-state index in [9.17, 15) is 36.6 Å². The average Bonchev–Trinajstić information content (AvgIpc) is 2.24. The van der Waals surface area contributed by atoms with Gasteiger partial charge in [0.15, 0.2) is 11.2 Å². The lowest BCUT2D eigenvalue weighted by atomic mass is 9.65. The smallest absolute Gasteiger partial charge is 0.380 e. The Balaban J connectivity index is 3.05. The van der Waals surface area contributed by atoms with Gasteiger partial charge in [0, 0.05) is 0 Å². The largest absolute Gasteiger partial charge is 0.417 e. The Bertz CT molecular complexity index is 338. The van der Waals surface area contributed by atoms with E-state index in [0.717, 1.165) is 0 Å². The van der Waals surface area contributed by atoms with Crippen molar-refractivity contribution in [1.82, 2.24) is 0 Å². The molecule has 2 nitrogen and oxygen atoms in total. The molecular formula is C13H20F6O2. The molecule has 1 rings (SSSR count). The molecule has 0 radical (unpaired) electrons. The lowest BCUT2D eigenvalue weighted by Gasteiger charge is -2.46. The van der Waals surface area contributed by atoms with Crippen molar-refractivity contribution in [2.24, 2.45) is 17.8 Å². The molecule has 0 amide bonds. The van der Waals surface area contributed by atoms with E-state index >= 15 is 0 Å². The van der Waals surface area contributed by atoms with E-state index in [1.54, 1.807) is 0 Å². The minimum atomic E-state index is -4.93. The van der Waals surface area contributed by atoms with Gasteiger partial charge in [-0.1, -0.05) is 6.92 Å². The van der Waals surface area contributed by atoms with Gasteiger partial charge in [-0.25, -0.2) is 0 Å². The third-order valence-electron chi connectivity index (χ3n) is 4.68. The first-order valence-corrected chi connectivity index (χ1v) is 6.69. The molecule has 0 bridgehead atoms. The van der Waals surface area contributed by atoms with Crippen molar-refractivity contribution in [2.45, 2.75) is 63.6 Å². The molecule has 0 saturated heterocycles. The van der Waals surface area contributed by atoms with Crippen LogP contribution in [-0.4, -0.2) is 33.8 Å². The highest BCUT2D eigenvalue weighted by Gasteiger charge is 2.60. The molecule has 0 spiro atoms. The Hall–Kier alpha value is -0.500. The van der Waals surface area contributed by atoms with Crippen LogP contribution in [0.2, 0.25) is 0 Å². The topological polar surface area (TPSA) is 40.5 Å². The van der Waals surface area contributed by atoms with Gasteiger partial charge in [0.05, 0.1) is 0 Å². The van der Waals surface area contributed by atoms with Crippen LogP contribution in [-0.2, 0) is 0 Å². The average molecular weight is 322 g/mol. The molecule has 0 aromatic rings. The van der Waals surface area contributed by atoms with Crippen molar-refractivity contribution >= 4 is 0 Å². The first kappa shape index (κ1) is 18.5. The van der Waals surface area contributed by atoms with Crippen molar-refractivity contribution in [3.63, 3.8) is 0 Å². The fourth-order valence-electron chi connectivity index (χ4n) is 2.98. The van der Waals surface area contributed by atoms with Gasteiger partial charge in [-0.15, -0.1) is 0 Å². The predicted octanol–water partition coefficient (Wildman–Crippen LogP) is 3.67. The van der Waals surface area contributed by atoms with Crippen molar-refractivity contribution in [3.05, 3.63) is 0 Å². The van der Waals surface area contributed by atoms with Crippen molar-refractivity contribution in [2.75, 3.05) is 0 Å². The highest BCUT2D eigenvalue weighted by Crippen LogP contribution is 2.50. The van der Waals surface area contributed by atoms with Crippen LogP contribution in [0.4, 0.5) is 26.3 Å². The predicted molar refractivity (Wildman–Crippen MR) is 63.4 cm³/mol. The Morgan fingerprint density at radius 1 is 0.714 bits per heavy atom. The first-order valence-electron chi connectivity index (χ1n) is 6.69. The maximum absolute atomic E-state index is 12.9. The fourth-order valence-corrected chi connectivity index (χ4v) is 2.98. The van der Waals surface area contributed by atoms with E-state index in [1.807, 2.05) is 0 Å². The van der Waals surface area contributed by atoms with Crippen molar-refractivity contribution in [1.29, 1.82) is 0 Å². The third kappa shape index (κ3) is 3.47. The lowest BCUT2D eigenvalue weighted by Crippen LogP contribution is -2.56. The minimum Gasteiger partial charge on any atom is -0.380 e. The summed E-state index contributed by atoms with van der Waals surface area (Å²) in [5.74, 6) is -3.20. The fraction of sp³-hybridized carbons (Fsp3) is 1.00. The normalized spacial score (nSPS) is 34.1. The Morgan fingerprint density at radius 3 is 1.24 bits per heavy atom. The number of rotatable bonds is 2. The Morgan fingerprint density at radius 2 is 1.00 bits per heavy atom. The summed E-state index contributed by atoms with van der Waals surface area (Å²) in [4.78, 5) is 0. The second-order valence-corrected chi connectivity index (χ2v) is 6.50. The van der Waals surface area contributed by atoms with Gasteiger partial charge >= 0.3 is 12.4 Å². The molecule has 0 aromatic carbocycles. The van der Waals surface area contributed by atoms with Gasteiger partial charge in [0.2, 0.25) is 0 Å². The maximum Gasteiger partial charge on any atom is 0.417 e. The van der Waals surface area contributed by atoms with E-state index in [0.29, 0.717) is 13.8 Å². The van der Waals surface area contributed by atoms with Crippen molar-refractivity contribution < 1.29 is 36.6 Å². The second-order valence-electron chi connectivity index (χ2n) is 6.50. The first-order chi connectivity index (χ1) is 9.10. The molecule has 0 heterocycles. The quantitative estimate of drug-likeness (QED) is 0.762. The molecule has 1 aliphatic carbocycles. The van der Waals surface area contributed by atoms with Crippen molar-refractivity contribution in [3.8, 4) is 0 Å². The molecule has 4 atom stereocenters. The van der Waals surface area contributed by atoms with E-state index < -0.39 is 47.7 Å². The summed E-state index contributed by atoms with van der Waals surface area (Å²) >= 11 is 0. The second kappa shape index (κ2) is 5.30. The number of alkyl halides is 6. The monoisotopic (exact) mass is 322 g/mol. The van der Waals surface area contributed by atoms with Crippen LogP contribution in [0.1, 0.15) is 40.0 Å². The molecule has 4 unspecified atom stereocenters. The van der Waals surface area contributed by atoms with E-state index in [1.165, 1.54) is 6.92 Å². The van der Waals surface area contributed by atoms with Crippen LogP contribution < -0.4 is 0 Å². The summed E-state index contributed by atoms with van der Waals surface area (Å²) in [5, 5.41) is 19.4. The van der Waals surface area contributed by atoms with E-state index in [2.05, 4.69) is 0 Å². The Labute approximate surface area is 119 Å². The summed E-state index contributed by atoms with van der Waals surface area (Å²) in [5.41, 5.74) is -6.14. The number of hydrogen-bond acceptors (Lipinski definition) is 2. The zero-order chi connectivity index (χ0) is 16.9. The molecular weight excluding hydrogens is 302 g/mol. The highest BCUT2D eigenvalue weighted by atomic mass is 19.4. The van der Waals surface area contributed by atoms with Gasteiger partial charge in [0.25, 0.3) is 0 Å². The summed E-state index contributed by atoms with van der Waals surface area (Å²) in [6.07, 6.45) is -10.4. The van der Waals surface area contributed by atoms with Gasteiger partial charge in [-0.2, -0.15) is 26.3 Å². The molecule has 1 saturated carbocycles.